The quantitative estimate of drug-likeness (QED) is 0.751. The lowest BCUT2D eigenvalue weighted by Crippen LogP contribution is -2.46. The molecule has 5 nitrogen and oxygen atoms in total. The second kappa shape index (κ2) is 7.64. The molecule has 1 aliphatic carbocycles. The van der Waals surface area contributed by atoms with E-state index in [-0.39, 0.29) is 18.5 Å². The summed E-state index contributed by atoms with van der Waals surface area (Å²) in [7, 11) is 0. The van der Waals surface area contributed by atoms with Crippen molar-refractivity contribution in [2.45, 2.75) is 57.6 Å². The molecule has 1 saturated carbocycles. The standard InChI is InChI=1S/C17H25FN2O3/c1-17(2,9-10-21)20-16(22)19-12-7-8-15(14(18)11-12)23-13-5-3-4-6-13/h7-8,11,13,21H,3-6,9-10H2,1-2H3,(H2,19,20,22). The predicted octanol–water partition coefficient (Wildman–Crippen LogP) is 3.43. The van der Waals surface area contributed by atoms with Crippen LogP contribution < -0.4 is 15.4 Å². The van der Waals surface area contributed by atoms with Gasteiger partial charge in [-0.15, -0.1) is 0 Å². The number of carbonyl (C=O) groups excluding carboxylic acids is 1. The van der Waals surface area contributed by atoms with E-state index >= 15 is 0 Å². The summed E-state index contributed by atoms with van der Waals surface area (Å²) < 4.78 is 19.7. The van der Waals surface area contributed by atoms with Gasteiger partial charge in [-0.1, -0.05) is 0 Å². The first-order chi connectivity index (χ1) is 10.9. The van der Waals surface area contributed by atoms with Crippen LogP contribution in [0.25, 0.3) is 0 Å². The van der Waals surface area contributed by atoms with E-state index in [4.69, 9.17) is 9.84 Å². The molecule has 0 heterocycles. The molecule has 1 fully saturated rings. The fourth-order valence-electron chi connectivity index (χ4n) is 2.67. The number of ether oxygens (including phenoxy) is 1. The van der Waals surface area contributed by atoms with Crippen LogP contribution in [0.5, 0.6) is 5.75 Å². The highest BCUT2D eigenvalue weighted by molar-refractivity contribution is 5.89. The summed E-state index contributed by atoms with van der Waals surface area (Å²) in [6, 6.07) is 3.98. The van der Waals surface area contributed by atoms with Gasteiger partial charge in [0.2, 0.25) is 0 Å². The van der Waals surface area contributed by atoms with E-state index in [1.54, 1.807) is 12.1 Å². The number of urea groups is 1. The Labute approximate surface area is 136 Å². The molecular weight excluding hydrogens is 299 g/mol. The maximum atomic E-state index is 14.1. The van der Waals surface area contributed by atoms with Crippen molar-refractivity contribution < 1.29 is 19.0 Å². The van der Waals surface area contributed by atoms with Gasteiger partial charge in [0, 0.05) is 23.9 Å². The Morgan fingerprint density at radius 2 is 2.09 bits per heavy atom. The van der Waals surface area contributed by atoms with Gasteiger partial charge in [-0.2, -0.15) is 0 Å². The lowest BCUT2D eigenvalue weighted by molar-refractivity contribution is 0.200. The van der Waals surface area contributed by atoms with Crippen molar-refractivity contribution in [2.24, 2.45) is 0 Å². The van der Waals surface area contributed by atoms with Crippen molar-refractivity contribution in [2.75, 3.05) is 11.9 Å². The molecule has 0 aromatic heterocycles. The fourth-order valence-corrected chi connectivity index (χ4v) is 2.67. The number of aliphatic hydroxyl groups is 1. The van der Waals surface area contributed by atoms with Gasteiger partial charge in [-0.25, -0.2) is 9.18 Å². The molecule has 0 spiro atoms. The van der Waals surface area contributed by atoms with Crippen LogP contribution in [0.3, 0.4) is 0 Å². The number of anilines is 1. The minimum atomic E-state index is -0.539. The molecule has 0 radical (unpaired) electrons. The van der Waals surface area contributed by atoms with Gasteiger partial charge >= 0.3 is 6.03 Å². The summed E-state index contributed by atoms with van der Waals surface area (Å²) in [5, 5.41) is 14.3. The Bertz CT molecular complexity index is 543. The molecule has 1 aliphatic rings. The van der Waals surface area contributed by atoms with Crippen LogP contribution in [-0.2, 0) is 0 Å². The number of nitrogens with one attached hydrogen (secondary N) is 2. The number of hydrogen-bond acceptors (Lipinski definition) is 3. The molecule has 128 valence electrons. The van der Waals surface area contributed by atoms with Crippen LogP contribution in [-0.4, -0.2) is 29.4 Å². The van der Waals surface area contributed by atoms with Gasteiger partial charge in [0.1, 0.15) is 0 Å². The van der Waals surface area contributed by atoms with Crippen LogP contribution in [0, 0.1) is 5.82 Å². The molecule has 0 bridgehead atoms. The summed E-state index contributed by atoms with van der Waals surface area (Å²) in [5.41, 5.74) is -0.179. The third-order valence-electron chi connectivity index (χ3n) is 3.97. The zero-order valence-corrected chi connectivity index (χ0v) is 13.7. The van der Waals surface area contributed by atoms with Crippen LogP contribution in [0.4, 0.5) is 14.9 Å². The fraction of sp³-hybridized carbons (Fsp3) is 0.588. The summed E-state index contributed by atoms with van der Waals surface area (Å²) in [5.74, 6) is -0.257. The second-order valence-electron chi connectivity index (χ2n) is 6.61. The minimum absolute atomic E-state index is 0.0187. The molecule has 3 N–H and O–H groups in total. The molecule has 0 atom stereocenters. The zero-order valence-electron chi connectivity index (χ0n) is 13.7. The van der Waals surface area contributed by atoms with Gasteiger partial charge in [-0.3, -0.25) is 0 Å². The monoisotopic (exact) mass is 324 g/mol. The van der Waals surface area contributed by atoms with Crippen LogP contribution in [0.15, 0.2) is 18.2 Å². The minimum Gasteiger partial charge on any atom is -0.487 e. The Kier molecular flexibility index (Phi) is 5.82. The average Bonchev–Trinajstić information content (AvgIpc) is 2.94. The van der Waals surface area contributed by atoms with Crippen molar-refractivity contribution in [1.82, 2.24) is 5.32 Å². The average molecular weight is 324 g/mol. The van der Waals surface area contributed by atoms with E-state index in [0.717, 1.165) is 25.7 Å². The van der Waals surface area contributed by atoms with Gasteiger partial charge in [-0.05, 0) is 58.1 Å². The third-order valence-corrected chi connectivity index (χ3v) is 3.97. The summed E-state index contributed by atoms with van der Waals surface area (Å²) in [6.07, 6.45) is 4.68. The maximum Gasteiger partial charge on any atom is 0.319 e. The van der Waals surface area contributed by atoms with Crippen LogP contribution in [0.1, 0.15) is 46.0 Å². The van der Waals surface area contributed by atoms with Gasteiger partial charge < -0.3 is 20.5 Å². The van der Waals surface area contributed by atoms with Crippen molar-refractivity contribution in [3.05, 3.63) is 24.0 Å². The van der Waals surface area contributed by atoms with Gasteiger partial charge in [0.05, 0.1) is 6.10 Å². The topological polar surface area (TPSA) is 70.6 Å². The Morgan fingerprint density at radius 1 is 1.39 bits per heavy atom. The number of halogens is 1. The number of benzene rings is 1. The lowest BCUT2D eigenvalue weighted by atomic mass is 10.0. The van der Waals surface area contributed by atoms with Crippen LogP contribution >= 0.6 is 0 Å². The molecule has 2 rings (SSSR count). The van der Waals surface area contributed by atoms with Gasteiger partial charge in [0.25, 0.3) is 0 Å². The van der Waals surface area contributed by atoms with Crippen molar-refractivity contribution in [3.8, 4) is 5.75 Å². The van der Waals surface area contributed by atoms with E-state index in [2.05, 4.69) is 10.6 Å². The molecule has 1 aromatic rings. The maximum absolute atomic E-state index is 14.1. The van der Waals surface area contributed by atoms with E-state index < -0.39 is 17.4 Å². The highest BCUT2D eigenvalue weighted by Crippen LogP contribution is 2.27. The highest BCUT2D eigenvalue weighted by Gasteiger charge is 2.21. The number of rotatable bonds is 6. The van der Waals surface area contributed by atoms with Crippen molar-refractivity contribution in [3.63, 3.8) is 0 Å². The lowest BCUT2D eigenvalue weighted by Gasteiger charge is -2.25. The predicted molar refractivity (Wildman–Crippen MR) is 87.2 cm³/mol. The molecule has 0 unspecified atom stereocenters. The normalized spacial score (nSPS) is 15.5. The zero-order chi connectivity index (χ0) is 16.9. The first kappa shape index (κ1) is 17.5. The first-order valence-corrected chi connectivity index (χ1v) is 8.06. The molecule has 0 saturated heterocycles. The molecule has 2 amide bonds. The SMILES string of the molecule is CC(C)(CCO)NC(=O)Nc1ccc(OC2CCCC2)c(F)c1. The van der Waals surface area contributed by atoms with Crippen molar-refractivity contribution >= 4 is 11.7 Å². The van der Waals surface area contributed by atoms with E-state index in [0.29, 0.717) is 12.1 Å². The molecule has 6 heteroatoms. The summed E-state index contributed by atoms with van der Waals surface area (Å²) >= 11 is 0. The first-order valence-electron chi connectivity index (χ1n) is 8.06. The van der Waals surface area contributed by atoms with E-state index in [1.165, 1.54) is 6.07 Å². The number of amides is 2. The Morgan fingerprint density at radius 3 is 2.70 bits per heavy atom. The summed E-state index contributed by atoms with van der Waals surface area (Å²) in [6.45, 7) is 3.60. The second-order valence-corrected chi connectivity index (χ2v) is 6.61. The van der Waals surface area contributed by atoms with Crippen molar-refractivity contribution in [1.29, 1.82) is 0 Å². The molecule has 1 aromatic carbocycles. The molecular formula is C17H25FN2O3. The molecule has 0 aliphatic heterocycles. The smallest absolute Gasteiger partial charge is 0.319 e. The number of aliphatic hydroxyl groups excluding tert-OH is 1. The Hall–Kier alpha value is -1.82. The largest absolute Gasteiger partial charge is 0.487 e. The third kappa shape index (κ3) is 5.39. The van der Waals surface area contributed by atoms with E-state index in [9.17, 15) is 9.18 Å². The number of hydrogen-bond donors (Lipinski definition) is 3. The number of carbonyl (C=O) groups is 1. The van der Waals surface area contributed by atoms with E-state index in [1.807, 2.05) is 13.8 Å². The Balaban J connectivity index is 1.93. The van der Waals surface area contributed by atoms with Gasteiger partial charge in [0.15, 0.2) is 11.6 Å². The summed E-state index contributed by atoms with van der Waals surface area (Å²) in [4.78, 5) is 11.9. The highest BCUT2D eigenvalue weighted by atomic mass is 19.1. The van der Waals surface area contributed by atoms with Crippen LogP contribution in [0.2, 0.25) is 0 Å². The molecule has 23 heavy (non-hydrogen) atoms.